The number of aliphatic imine (C=N–C) groups is 1. The Morgan fingerprint density at radius 3 is 2.73 bits per heavy atom. The maximum absolute atomic E-state index is 11.5. The molecule has 1 aliphatic heterocycles. The summed E-state index contributed by atoms with van der Waals surface area (Å²) in [5, 5.41) is 28.7. The lowest BCUT2D eigenvalue weighted by Gasteiger charge is -2.14. The first-order valence-electron chi connectivity index (χ1n) is 7.62. The Morgan fingerprint density at radius 2 is 2.04 bits per heavy atom. The van der Waals surface area contributed by atoms with Crippen LogP contribution in [0.2, 0.25) is 0 Å². The van der Waals surface area contributed by atoms with E-state index < -0.39 is 18.0 Å². The minimum atomic E-state index is -1.25. The number of fused-ring (bicyclic) bond motifs is 1. The zero-order valence-corrected chi connectivity index (χ0v) is 15.0. The fourth-order valence-electron chi connectivity index (χ4n) is 2.68. The number of benzene rings is 1. The van der Waals surface area contributed by atoms with E-state index in [4.69, 9.17) is 17.3 Å². The third kappa shape index (κ3) is 3.44. The van der Waals surface area contributed by atoms with Gasteiger partial charge >= 0.3 is 11.9 Å². The molecule has 0 saturated heterocycles. The first-order chi connectivity index (χ1) is 12.4. The van der Waals surface area contributed by atoms with Crippen LogP contribution in [0.1, 0.15) is 29.3 Å². The monoisotopic (exact) mass is 390 g/mol. The van der Waals surface area contributed by atoms with Crippen molar-refractivity contribution in [3.8, 4) is 5.88 Å². The quantitative estimate of drug-likeness (QED) is 0.648. The number of hydrogen-bond acceptors (Lipinski definition) is 6. The molecule has 0 spiro atoms. The zero-order chi connectivity index (χ0) is 18.8. The summed E-state index contributed by atoms with van der Waals surface area (Å²) in [6.45, 7) is 0. The molecule has 1 aromatic carbocycles. The van der Waals surface area contributed by atoms with Gasteiger partial charge in [0.15, 0.2) is 3.95 Å². The molecule has 2 aromatic rings. The van der Waals surface area contributed by atoms with Crippen LogP contribution in [0.3, 0.4) is 0 Å². The molecule has 26 heavy (non-hydrogen) atoms. The van der Waals surface area contributed by atoms with Gasteiger partial charge in [0, 0.05) is 23.8 Å². The Balaban J connectivity index is 2.00. The Kier molecular flexibility index (Phi) is 5.01. The fourth-order valence-corrected chi connectivity index (χ4v) is 4.04. The molecule has 0 fully saturated rings. The van der Waals surface area contributed by atoms with Gasteiger partial charge in [0.05, 0.1) is 10.6 Å². The van der Waals surface area contributed by atoms with Crippen molar-refractivity contribution in [2.24, 2.45) is 4.99 Å². The van der Waals surface area contributed by atoms with E-state index >= 15 is 0 Å². The molecule has 1 aliphatic rings. The summed E-state index contributed by atoms with van der Waals surface area (Å²) in [5.74, 6) is -2.65. The lowest BCUT2D eigenvalue weighted by atomic mass is 10.1. The van der Waals surface area contributed by atoms with Crippen molar-refractivity contribution in [2.75, 3.05) is 0 Å². The number of allylic oxidation sites excluding steroid dienone is 1. The van der Waals surface area contributed by atoms with Crippen LogP contribution in [0.25, 0.3) is 11.6 Å². The van der Waals surface area contributed by atoms with Gasteiger partial charge in [-0.3, -0.25) is 14.4 Å². The second-order valence-corrected chi connectivity index (χ2v) is 7.26. The van der Waals surface area contributed by atoms with E-state index in [1.54, 1.807) is 12.3 Å². The van der Waals surface area contributed by atoms with Gasteiger partial charge in [-0.05, 0) is 30.8 Å². The number of aliphatic carboxylic acids is 2. The van der Waals surface area contributed by atoms with E-state index in [1.165, 1.54) is 0 Å². The van der Waals surface area contributed by atoms with E-state index in [9.17, 15) is 19.8 Å². The van der Waals surface area contributed by atoms with Crippen molar-refractivity contribution < 1.29 is 24.9 Å². The smallest absolute Gasteiger partial charge is 0.326 e. The van der Waals surface area contributed by atoms with Crippen LogP contribution in [-0.4, -0.2) is 38.0 Å². The van der Waals surface area contributed by atoms with Crippen molar-refractivity contribution in [1.29, 1.82) is 0 Å². The lowest BCUT2D eigenvalue weighted by molar-refractivity contribution is -0.142. The van der Waals surface area contributed by atoms with Crippen LogP contribution < -0.4 is 0 Å². The van der Waals surface area contributed by atoms with Crippen molar-refractivity contribution in [3.05, 3.63) is 38.7 Å². The highest BCUT2D eigenvalue weighted by molar-refractivity contribution is 7.73. The zero-order valence-electron chi connectivity index (χ0n) is 13.3. The van der Waals surface area contributed by atoms with E-state index in [0.29, 0.717) is 4.88 Å². The SMILES string of the molecule is O=C(O)CC[C@H](C(=O)O)n1c(O)c(C=C2C=Nc3ccccc32)sc1=S. The van der Waals surface area contributed by atoms with Gasteiger partial charge in [-0.15, -0.1) is 11.3 Å². The number of aromatic hydroxyl groups is 1. The average Bonchev–Trinajstić information content (AvgIpc) is 3.11. The second kappa shape index (κ2) is 7.22. The minimum Gasteiger partial charge on any atom is -0.493 e. The predicted octanol–water partition coefficient (Wildman–Crippen LogP) is 3.73. The number of aromatic nitrogens is 1. The van der Waals surface area contributed by atoms with Gasteiger partial charge in [0.25, 0.3) is 0 Å². The van der Waals surface area contributed by atoms with Crippen molar-refractivity contribution in [3.63, 3.8) is 0 Å². The van der Waals surface area contributed by atoms with Crippen molar-refractivity contribution in [1.82, 2.24) is 4.57 Å². The second-order valence-electron chi connectivity index (χ2n) is 5.59. The minimum absolute atomic E-state index is 0.162. The number of nitrogens with zero attached hydrogens (tertiary/aromatic N) is 2. The topological polar surface area (TPSA) is 112 Å². The van der Waals surface area contributed by atoms with Crippen LogP contribution >= 0.6 is 23.6 Å². The number of carboxylic acids is 2. The molecule has 3 N–H and O–H groups in total. The van der Waals surface area contributed by atoms with Crippen LogP contribution in [0.15, 0.2) is 29.3 Å². The Bertz CT molecular complexity index is 1000. The lowest BCUT2D eigenvalue weighted by Crippen LogP contribution is -2.20. The van der Waals surface area contributed by atoms with Crippen LogP contribution in [0, 0.1) is 3.95 Å². The summed E-state index contributed by atoms with van der Waals surface area (Å²) in [7, 11) is 0. The van der Waals surface area contributed by atoms with Crippen LogP contribution in [0.5, 0.6) is 5.88 Å². The van der Waals surface area contributed by atoms with Crippen molar-refractivity contribution >= 4 is 59.0 Å². The summed E-state index contributed by atoms with van der Waals surface area (Å²) in [5.41, 5.74) is 2.49. The first kappa shape index (κ1) is 18.0. The predicted molar refractivity (Wildman–Crippen MR) is 101 cm³/mol. The summed E-state index contributed by atoms with van der Waals surface area (Å²) in [4.78, 5) is 27.0. The molecule has 0 aliphatic carbocycles. The molecule has 0 radical (unpaired) electrons. The molecule has 0 bridgehead atoms. The summed E-state index contributed by atoms with van der Waals surface area (Å²) >= 11 is 6.26. The highest BCUT2D eigenvalue weighted by Gasteiger charge is 2.26. The summed E-state index contributed by atoms with van der Waals surface area (Å²) in [6, 6.07) is 6.27. The number of hydrogen-bond donors (Lipinski definition) is 3. The van der Waals surface area contributed by atoms with Crippen LogP contribution in [0.4, 0.5) is 5.69 Å². The standard InChI is InChI=1S/C17H14N2O5S2/c20-14(21)6-5-12(16(23)24)19-15(22)13(26-17(19)25)7-9-8-18-11-4-2-1-3-10(9)11/h1-4,7-8,12,22H,5-6H2,(H,20,21)(H,23,24)/t12-/m1/s1. The number of carbonyl (C=O) groups is 2. The van der Waals surface area contributed by atoms with E-state index in [2.05, 4.69) is 4.99 Å². The van der Waals surface area contributed by atoms with Gasteiger partial charge in [-0.25, -0.2) is 4.79 Å². The van der Waals surface area contributed by atoms with E-state index in [1.807, 2.05) is 24.3 Å². The maximum atomic E-state index is 11.5. The number of carboxylic acid groups (broad SMARTS) is 2. The van der Waals surface area contributed by atoms with Gasteiger partial charge in [0.1, 0.15) is 6.04 Å². The Hall–Kier alpha value is -2.78. The molecule has 1 atom stereocenters. The number of thiazole rings is 1. The molecule has 1 aromatic heterocycles. The Labute approximate surface area is 157 Å². The van der Waals surface area contributed by atoms with Crippen LogP contribution in [-0.2, 0) is 9.59 Å². The average molecular weight is 390 g/mol. The summed E-state index contributed by atoms with van der Waals surface area (Å²) in [6.07, 6.45) is 2.84. The Morgan fingerprint density at radius 1 is 1.31 bits per heavy atom. The van der Waals surface area contributed by atoms with Gasteiger partial charge < -0.3 is 15.3 Å². The molecular weight excluding hydrogens is 376 g/mol. The summed E-state index contributed by atoms with van der Waals surface area (Å²) < 4.78 is 1.26. The molecule has 0 amide bonds. The maximum Gasteiger partial charge on any atom is 0.326 e. The molecule has 9 heteroatoms. The van der Waals surface area contributed by atoms with E-state index in [-0.39, 0.29) is 22.7 Å². The first-order valence-corrected chi connectivity index (χ1v) is 8.85. The highest BCUT2D eigenvalue weighted by Crippen LogP contribution is 2.37. The molecule has 3 rings (SSSR count). The molecule has 2 heterocycles. The molecular formula is C17H14N2O5S2. The highest BCUT2D eigenvalue weighted by atomic mass is 32.1. The molecule has 0 saturated carbocycles. The largest absolute Gasteiger partial charge is 0.493 e. The normalized spacial score (nSPS) is 15.2. The van der Waals surface area contributed by atoms with Gasteiger partial charge in [0.2, 0.25) is 5.88 Å². The number of para-hydroxylation sites is 1. The van der Waals surface area contributed by atoms with Crippen molar-refractivity contribution in [2.45, 2.75) is 18.9 Å². The fraction of sp³-hybridized carbons (Fsp3) is 0.176. The van der Waals surface area contributed by atoms with Gasteiger partial charge in [-0.2, -0.15) is 0 Å². The number of rotatable bonds is 6. The third-order valence-electron chi connectivity index (χ3n) is 3.92. The van der Waals surface area contributed by atoms with Gasteiger partial charge in [-0.1, -0.05) is 18.2 Å². The molecule has 0 unspecified atom stereocenters. The molecule has 134 valence electrons. The van der Waals surface area contributed by atoms with E-state index in [0.717, 1.165) is 32.7 Å². The third-order valence-corrected chi connectivity index (χ3v) is 5.25. The molecule has 7 nitrogen and oxygen atoms in total.